The summed E-state index contributed by atoms with van der Waals surface area (Å²) in [7, 11) is 0. The van der Waals surface area contributed by atoms with E-state index >= 15 is 0 Å². The van der Waals surface area contributed by atoms with Crippen molar-refractivity contribution in [1.29, 1.82) is 0 Å². The van der Waals surface area contributed by atoms with Gasteiger partial charge in [-0.2, -0.15) is 0 Å². The van der Waals surface area contributed by atoms with Crippen molar-refractivity contribution in [2.24, 2.45) is 0 Å². The zero-order valence-corrected chi connectivity index (χ0v) is 17.8. The van der Waals surface area contributed by atoms with Gasteiger partial charge in [0.15, 0.2) is 5.69 Å². The van der Waals surface area contributed by atoms with Gasteiger partial charge >= 0.3 is 0 Å². The molecule has 0 radical (unpaired) electrons. The Hall–Kier alpha value is -3.65. The van der Waals surface area contributed by atoms with Gasteiger partial charge in [-0.15, -0.1) is 5.10 Å². The third-order valence-corrected chi connectivity index (χ3v) is 4.84. The van der Waals surface area contributed by atoms with Crippen molar-refractivity contribution in [3.63, 3.8) is 0 Å². The third kappa shape index (κ3) is 5.10. The van der Waals surface area contributed by atoms with E-state index in [1.165, 1.54) is 5.56 Å². The molecule has 2 aromatic carbocycles. The van der Waals surface area contributed by atoms with Gasteiger partial charge in [-0.05, 0) is 37.6 Å². The molecule has 0 unspecified atom stereocenters. The van der Waals surface area contributed by atoms with E-state index < -0.39 is 5.91 Å². The van der Waals surface area contributed by atoms with E-state index in [1.54, 1.807) is 42.2 Å². The molecule has 158 valence electrons. The normalized spacial score (nSPS) is 10.8. The second kappa shape index (κ2) is 9.01. The predicted octanol–water partition coefficient (Wildman–Crippen LogP) is 4.42. The van der Waals surface area contributed by atoms with E-state index in [-0.39, 0.29) is 18.2 Å². The van der Waals surface area contributed by atoms with Crippen LogP contribution in [0.3, 0.4) is 0 Å². The van der Waals surface area contributed by atoms with E-state index in [0.29, 0.717) is 28.6 Å². The number of amides is 1. The van der Waals surface area contributed by atoms with Crippen LogP contribution < -0.4 is 10.1 Å². The Kier molecular flexibility index (Phi) is 5.99. The molecule has 0 saturated carbocycles. The van der Waals surface area contributed by atoms with Crippen molar-refractivity contribution in [3.05, 3.63) is 88.0 Å². The lowest BCUT2D eigenvalue weighted by atomic mass is 10.1. The first kappa shape index (κ1) is 20.6. The standard InChI is InChI=1S/C22H20ClN5O3/c1-14-6-8-16(9-7-14)11-28-13-24-22(26-28)25-21(29)20-19(15(2)31-27-20)12-30-18-5-3-4-17(23)10-18/h3-10,13H,11-12H2,1-2H3,(H,25,26,29). The van der Waals surface area contributed by atoms with Crippen LogP contribution in [0.25, 0.3) is 0 Å². The lowest BCUT2D eigenvalue weighted by Gasteiger charge is -2.07. The van der Waals surface area contributed by atoms with Crippen LogP contribution in [0.15, 0.2) is 59.4 Å². The number of aromatic nitrogens is 4. The number of ether oxygens (including phenoxy) is 1. The summed E-state index contributed by atoms with van der Waals surface area (Å²) in [5, 5.41) is 11.4. The minimum absolute atomic E-state index is 0.105. The summed E-state index contributed by atoms with van der Waals surface area (Å²) in [6.45, 7) is 4.40. The van der Waals surface area contributed by atoms with Crippen LogP contribution in [-0.2, 0) is 13.2 Å². The number of carbonyl (C=O) groups excluding carboxylic acids is 1. The van der Waals surface area contributed by atoms with Crippen molar-refractivity contribution in [1.82, 2.24) is 19.9 Å². The van der Waals surface area contributed by atoms with Crippen molar-refractivity contribution in [3.8, 4) is 5.75 Å². The van der Waals surface area contributed by atoms with Gasteiger partial charge < -0.3 is 9.26 Å². The first-order valence-electron chi connectivity index (χ1n) is 9.58. The number of hydrogen-bond acceptors (Lipinski definition) is 6. The molecule has 0 fully saturated rings. The molecule has 1 N–H and O–H groups in total. The lowest BCUT2D eigenvalue weighted by molar-refractivity contribution is 0.101. The third-order valence-electron chi connectivity index (χ3n) is 4.61. The van der Waals surface area contributed by atoms with Gasteiger partial charge in [0.2, 0.25) is 5.95 Å². The SMILES string of the molecule is Cc1ccc(Cn2cnc(NC(=O)c3noc(C)c3COc3cccc(Cl)c3)n2)cc1. The highest BCUT2D eigenvalue weighted by Crippen LogP contribution is 2.21. The number of carbonyl (C=O) groups is 1. The minimum Gasteiger partial charge on any atom is -0.489 e. The topological polar surface area (TPSA) is 95.1 Å². The molecule has 4 aromatic rings. The highest BCUT2D eigenvalue weighted by Gasteiger charge is 2.21. The van der Waals surface area contributed by atoms with Gasteiger partial charge in [0.1, 0.15) is 24.4 Å². The highest BCUT2D eigenvalue weighted by molar-refractivity contribution is 6.30. The summed E-state index contributed by atoms with van der Waals surface area (Å²) in [6, 6.07) is 15.1. The molecule has 0 spiro atoms. The highest BCUT2D eigenvalue weighted by atomic mass is 35.5. The molecule has 0 bridgehead atoms. The number of halogens is 1. The summed E-state index contributed by atoms with van der Waals surface area (Å²) < 4.78 is 12.6. The molecular formula is C22H20ClN5O3. The summed E-state index contributed by atoms with van der Waals surface area (Å²) >= 11 is 5.98. The van der Waals surface area contributed by atoms with Crippen molar-refractivity contribution < 1.29 is 14.1 Å². The fraction of sp³-hybridized carbons (Fsp3) is 0.182. The van der Waals surface area contributed by atoms with Gasteiger partial charge in [0.05, 0.1) is 12.1 Å². The number of anilines is 1. The Bertz CT molecular complexity index is 1200. The summed E-state index contributed by atoms with van der Waals surface area (Å²) in [5.74, 6) is 0.773. The van der Waals surface area contributed by atoms with Gasteiger partial charge in [0.25, 0.3) is 5.91 Å². The fourth-order valence-corrected chi connectivity index (χ4v) is 3.10. The smallest absolute Gasteiger partial charge is 0.280 e. The van der Waals surface area contributed by atoms with Crippen LogP contribution >= 0.6 is 11.6 Å². The number of nitrogens with one attached hydrogen (secondary N) is 1. The zero-order chi connectivity index (χ0) is 21.8. The molecule has 0 aliphatic rings. The first-order valence-corrected chi connectivity index (χ1v) is 9.95. The molecule has 0 atom stereocenters. The maximum absolute atomic E-state index is 12.7. The molecule has 0 aliphatic heterocycles. The first-order chi connectivity index (χ1) is 15.0. The maximum atomic E-state index is 12.7. The molecule has 2 heterocycles. The monoisotopic (exact) mass is 437 g/mol. The Morgan fingerprint density at radius 2 is 2.00 bits per heavy atom. The molecule has 0 aliphatic carbocycles. The van der Waals surface area contributed by atoms with Crippen LogP contribution in [-0.4, -0.2) is 25.8 Å². The predicted molar refractivity (Wildman–Crippen MR) is 115 cm³/mol. The van der Waals surface area contributed by atoms with Gasteiger partial charge in [-0.25, -0.2) is 9.67 Å². The molecular weight excluding hydrogens is 418 g/mol. The molecule has 31 heavy (non-hydrogen) atoms. The Balaban J connectivity index is 1.42. The van der Waals surface area contributed by atoms with E-state index in [9.17, 15) is 4.79 Å². The Morgan fingerprint density at radius 1 is 1.19 bits per heavy atom. The van der Waals surface area contributed by atoms with Crippen LogP contribution in [0.5, 0.6) is 5.75 Å². The molecule has 2 aromatic heterocycles. The average Bonchev–Trinajstić information content (AvgIpc) is 3.34. The number of benzene rings is 2. The van der Waals surface area contributed by atoms with Crippen molar-refractivity contribution in [2.45, 2.75) is 27.0 Å². The molecule has 9 heteroatoms. The van der Waals surface area contributed by atoms with Gasteiger partial charge in [-0.1, -0.05) is 52.7 Å². The van der Waals surface area contributed by atoms with Crippen LogP contribution in [0.2, 0.25) is 5.02 Å². The van der Waals surface area contributed by atoms with Crippen molar-refractivity contribution >= 4 is 23.5 Å². The van der Waals surface area contributed by atoms with Crippen LogP contribution in [0.1, 0.15) is 32.9 Å². The summed E-state index contributed by atoms with van der Waals surface area (Å²) in [6.07, 6.45) is 1.56. The zero-order valence-electron chi connectivity index (χ0n) is 17.0. The average molecular weight is 438 g/mol. The van der Waals surface area contributed by atoms with E-state index in [1.807, 2.05) is 31.2 Å². The molecule has 1 amide bonds. The summed E-state index contributed by atoms with van der Waals surface area (Å²) in [5.41, 5.74) is 2.93. The van der Waals surface area contributed by atoms with Gasteiger partial charge in [-0.3, -0.25) is 10.1 Å². The second-order valence-electron chi connectivity index (χ2n) is 7.02. The quantitative estimate of drug-likeness (QED) is 0.460. The van der Waals surface area contributed by atoms with E-state index in [2.05, 4.69) is 20.6 Å². The molecule has 0 saturated heterocycles. The largest absolute Gasteiger partial charge is 0.489 e. The Morgan fingerprint density at radius 3 is 2.77 bits per heavy atom. The Labute approximate surface area is 183 Å². The second-order valence-corrected chi connectivity index (χ2v) is 7.45. The summed E-state index contributed by atoms with van der Waals surface area (Å²) in [4.78, 5) is 16.9. The van der Waals surface area contributed by atoms with Crippen molar-refractivity contribution in [2.75, 3.05) is 5.32 Å². The number of hydrogen-bond donors (Lipinski definition) is 1. The minimum atomic E-state index is -0.477. The number of rotatable bonds is 7. The maximum Gasteiger partial charge on any atom is 0.280 e. The van der Waals surface area contributed by atoms with E-state index in [4.69, 9.17) is 20.9 Å². The molecule has 8 nitrogen and oxygen atoms in total. The van der Waals surface area contributed by atoms with E-state index in [0.717, 1.165) is 5.56 Å². The molecule has 4 rings (SSSR count). The lowest BCUT2D eigenvalue weighted by Crippen LogP contribution is -2.16. The van der Waals surface area contributed by atoms with Crippen LogP contribution in [0, 0.1) is 13.8 Å². The number of nitrogens with zero attached hydrogens (tertiary/aromatic N) is 4. The van der Waals surface area contributed by atoms with Gasteiger partial charge in [0, 0.05) is 5.02 Å². The van der Waals surface area contributed by atoms with Crippen LogP contribution in [0.4, 0.5) is 5.95 Å². The fourth-order valence-electron chi connectivity index (χ4n) is 2.92. The number of aryl methyl sites for hydroxylation is 2.